The van der Waals surface area contributed by atoms with Gasteiger partial charge >= 0.3 is 12.1 Å². The molecule has 1 spiro atoms. The predicted octanol–water partition coefficient (Wildman–Crippen LogP) is 1.61. The molecule has 1 aromatic heterocycles. The molecule has 2 aromatic rings. The van der Waals surface area contributed by atoms with Crippen LogP contribution in [0.4, 0.5) is 25.5 Å². The van der Waals surface area contributed by atoms with Crippen LogP contribution < -0.4 is 20.4 Å². The number of benzene rings is 1. The fourth-order valence-electron chi connectivity index (χ4n) is 7.24. The number of fused-ring (bicyclic) bond motifs is 5. The maximum absolute atomic E-state index is 16.4. The van der Waals surface area contributed by atoms with Gasteiger partial charge < -0.3 is 23.6 Å². The maximum atomic E-state index is 16.4. The van der Waals surface area contributed by atoms with E-state index in [2.05, 4.69) is 15.8 Å². The molecule has 4 fully saturated rings. The van der Waals surface area contributed by atoms with Crippen molar-refractivity contribution in [2.24, 2.45) is 11.3 Å². The Bertz CT molecular complexity index is 1430. The van der Waals surface area contributed by atoms with Crippen molar-refractivity contribution in [1.82, 2.24) is 15.8 Å². The zero-order valence-corrected chi connectivity index (χ0v) is 21.9. The van der Waals surface area contributed by atoms with Crippen LogP contribution in [0.2, 0.25) is 0 Å². The predicted molar refractivity (Wildman–Crippen MR) is 134 cm³/mol. The van der Waals surface area contributed by atoms with Gasteiger partial charge in [-0.25, -0.2) is 14.0 Å². The highest BCUT2D eigenvalue weighted by molar-refractivity contribution is 6.20. The molecular formula is C26H28FN5O8. The number of rotatable bonds is 2. The second kappa shape index (κ2) is 8.86. The van der Waals surface area contributed by atoms with Gasteiger partial charge in [-0.3, -0.25) is 25.1 Å². The molecule has 1 aromatic carbocycles. The zero-order valence-electron chi connectivity index (χ0n) is 21.9. The molecule has 5 amide bonds. The molecule has 7 rings (SSSR count). The molecule has 5 aliphatic heterocycles. The van der Waals surface area contributed by atoms with Crippen molar-refractivity contribution in [2.75, 3.05) is 36.2 Å². The lowest BCUT2D eigenvalue weighted by molar-refractivity contribution is -0.153. The summed E-state index contributed by atoms with van der Waals surface area (Å²) in [5, 5.41) is 8.78. The van der Waals surface area contributed by atoms with Crippen LogP contribution in [-0.2, 0) is 30.2 Å². The number of nitrogens with zero attached hydrogens (tertiary/aromatic N) is 3. The Labute approximate surface area is 227 Å². The summed E-state index contributed by atoms with van der Waals surface area (Å²) in [4.78, 5) is 54.8. The number of aromatic nitrogens is 1. The molecule has 40 heavy (non-hydrogen) atoms. The summed E-state index contributed by atoms with van der Waals surface area (Å²) in [6, 6.07) is -0.525. The average Bonchev–Trinajstić information content (AvgIpc) is 3.50. The van der Waals surface area contributed by atoms with E-state index in [0.717, 1.165) is 12.8 Å². The standard InChI is InChI=1S/C26H28FN5O8/c1-11-9-31-18-14(8-26(20(31)12(2)39-11)22(33)28-24(35)29-23(26)34)7-15-19(17(18)27)40-30-21(15)32-16(10-38-25(32)36)13-3-5-37-6-4-13/h7,11-13,16,20H,3-6,8-10H2,1-2H3,(H2,28,29,33,34,35)/t11-,12+,16-,20-/m1/s1. The van der Waals surface area contributed by atoms with Crippen molar-refractivity contribution in [3.05, 3.63) is 17.4 Å². The smallest absolute Gasteiger partial charge is 0.416 e. The van der Waals surface area contributed by atoms with Gasteiger partial charge in [0, 0.05) is 26.2 Å². The Morgan fingerprint density at radius 2 is 1.82 bits per heavy atom. The molecule has 14 heteroatoms. The summed E-state index contributed by atoms with van der Waals surface area (Å²) in [5.74, 6) is -2.05. The molecule has 0 unspecified atom stereocenters. The number of ether oxygens (including phenoxy) is 3. The summed E-state index contributed by atoms with van der Waals surface area (Å²) in [6.07, 6.45) is -0.342. The molecule has 0 aliphatic carbocycles. The number of hydrogen-bond donors (Lipinski definition) is 2. The molecule has 4 atom stereocenters. The molecule has 0 saturated carbocycles. The minimum atomic E-state index is -1.77. The lowest BCUT2D eigenvalue weighted by atomic mass is 9.66. The number of hydrogen-bond acceptors (Lipinski definition) is 10. The van der Waals surface area contributed by atoms with Gasteiger partial charge in [-0.05, 0) is 44.2 Å². The number of morpholine rings is 1. The lowest BCUT2D eigenvalue weighted by Gasteiger charge is -2.55. The van der Waals surface area contributed by atoms with E-state index in [9.17, 15) is 19.2 Å². The Kier molecular flexibility index (Phi) is 5.58. The number of imide groups is 2. The summed E-state index contributed by atoms with van der Waals surface area (Å²) in [6.45, 7) is 5.01. The van der Waals surface area contributed by atoms with Gasteiger partial charge in [0.2, 0.25) is 17.4 Å². The van der Waals surface area contributed by atoms with Crippen LogP contribution in [0, 0.1) is 17.2 Å². The van der Waals surface area contributed by atoms with Gasteiger partial charge in [0.05, 0.1) is 35.4 Å². The van der Waals surface area contributed by atoms with Crippen molar-refractivity contribution in [2.45, 2.75) is 57.4 Å². The van der Waals surface area contributed by atoms with Crippen molar-refractivity contribution in [3.63, 3.8) is 0 Å². The Morgan fingerprint density at radius 1 is 1.10 bits per heavy atom. The number of amides is 5. The first-order chi connectivity index (χ1) is 19.2. The van der Waals surface area contributed by atoms with Gasteiger partial charge in [-0.1, -0.05) is 5.16 Å². The molecule has 13 nitrogen and oxygen atoms in total. The number of barbiturate groups is 1. The zero-order chi connectivity index (χ0) is 27.9. The van der Waals surface area contributed by atoms with E-state index in [4.69, 9.17) is 18.7 Å². The van der Waals surface area contributed by atoms with Crippen LogP contribution in [0.15, 0.2) is 10.6 Å². The minimum absolute atomic E-state index is 0.0990. The molecule has 5 aliphatic rings. The number of urea groups is 1. The van der Waals surface area contributed by atoms with E-state index >= 15 is 4.39 Å². The van der Waals surface area contributed by atoms with Gasteiger partial charge in [-0.2, -0.15) is 0 Å². The van der Waals surface area contributed by atoms with Gasteiger partial charge in [0.1, 0.15) is 6.61 Å². The van der Waals surface area contributed by atoms with E-state index in [0.29, 0.717) is 18.8 Å². The summed E-state index contributed by atoms with van der Waals surface area (Å²) in [5.41, 5.74) is -1.39. The summed E-state index contributed by atoms with van der Waals surface area (Å²) < 4.78 is 38.8. The van der Waals surface area contributed by atoms with E-state index in [1.165, 1.54) is 4.90 Å². The Hall–Kier alpha value is -3.78. The van der Waals surface area contributed by atoms with E-state index in [1.807, 2.05) is 6.92 Å². The second-order valence-electron chi connectivity index (χ2n) is 11.2. The van der Waals surface area contributed by atoms with Crippen molar-refractivity contribution >= 4 is 46.4 Å². The van der Waals surface area contributed by atoms with Crippen molar-refractivity contribution in [3.8, 4) is 0 Å². The Balaban J connectivity index is 1.39. The highest BCUT2D eigenvalue weighted by atomic mass is 19.1. The summed E-state index contributed by atoms with van der Waals surface area (Å²) >= 11 is 0. The molecule has 4 saturated heterocycles. The third-order valence-electron chi connectivity index (χ3n) is 8.89. The van der Waals surface area contributed by atoms with Gasteiger partial charge in [-0.15, -0.1) is 0 Å². The highest BCUT2D eigenvalue weighted by Crippen LogP contribution is 2.50. The van der Waals surface area contributed by atoms with Gasteiger partial charge in [0.25, 0.3) is 0 Å². The molecular weight excluding hydrogens is 529 g/mol. The SMILES string of the molecule is C[C@@H]1CN2c3c(cc4c(N5C(=O)OC[C@@H]5C5CCOCC5)noc4c3F)CC3(C(=O)NC(=O)NC3=O)[C@H]2[C@H](C)O1. The molecule has 6 heterocycles. The fraction of sp³-hybridized carbons (Fsp3) is 0.577. The van der Waals surface area contributed by atoms with Crippen LogP contribution in [0.3, 0.4) is 0 Å². The van der Waals surface area contributed by atoms with Crippen LogP contribution in [0.25, 0.3) is 11.0 Å². The number of cyclic esters (lactones) is 1. The van der Waals surface area contributed by atoms with E-state index in [-0.39, 0.29) is 60.1 Å². The topological polar surface area (TPSA) is 153 Å². The molecule has 0 radical (unpaired) electrons. The minimum Gasteiger partial charge on any atom is -0.447 e. The first-order valence-electron chi connectivity index (χ1n) is 13.4. The second-order valence-corrected chi connectivity index (χ2v) is 11.2. The third-order valence-corrected chi connectivity index (χ3v) is 8.89. The fourth-order valence-corrected chi connectivity index (χ4v) is 7.24. The average molecular weight is 558 g/mol. The van der Waals surface area contributed by atoms with Crippen molar-refractivity contribution in [1.29, 1.82) is 0 Å². The van der Waals surface area contributed by atoms with Crippen molar-refractivity contribution < 1.29 is 42.3 Å². The first kappa shape index (κ1) is 25.2. The molecule has 0 bridgehead atoms. The summed E-state index contributed by atoms with van der Waals surface area (Å²) in [7, 11) is 0. The number of carbonyl (C=O) groups is 4. The highest BCUT2D eigenvalue weighted by Gasteiger charge is 2.63. The molecule has 2 N–H and O–H groups in total. The number of halogens is 1. The van der Waals surface area contributed by atoms with E-state index in [1.54, 1.807) is 17.9 Å². The molecule has 212 valence electrons. The van der Waals surface area contributed by atoms with Crippen LogP contribution in [0.5, 0.6) is 0 Å². The lowest BCUT2D eigenvalue weighted by Crippen LogP contribution is -2.75. The largest absolute Gasteiger partial charge is 0.447 e. The monoisotopic (exact) mass is 557 g/mol. The van der Waals surface area contributed by atoms with Crippen LogP contribution in [0.1, 0.15) is 32.3 Å². The third kappa shape index (κ3) is 3.41. The Morgan fingerprint density at radius 3 is 2.55 bits per heavy atom. The quantitative estimate of drug-likeness (QED) is 0.521. The normalized spacial score (nSPS) is 30.3. The van der Waals surface area contributed by atoms with Crippen LogP contribution >= 0.6 is 0 Å². The number of nitrogens with one attached hydrogen (secondary N) is 2. The number of carbonyl (C=O) groups excluding carboxylic acids is 4. The van der Waals surface area contributed by atoms with E-state index < -0.39 is 47.3 Å². The van der Waals surface area contributed by atoms with Crippen LogP contribution in [-0.4, -0.2) is 79.8 Å². The van der Waals surface area contributed by atoms with Gasteiger partial charge in [0.15, 0.2) is 17.1 Å². The first-order valence-corrected chi connectivity index (χ1v) is 13.4. The number of anilines is 2. The maximum Gasteiger partial charge on any atom is 0.416 e.